The average molecular weight is 327 g/mol. The summed E-state index contributed by atoms with van der Waals surface area (Å²) in [6.07, 6.45) is 2.80. The second-order valence-electron chi connectivity index (χ2n) is 5.80. The smallest absolute Gasteiger partial charge is 0.341 e. The Balaban J connectivity index is 1.80. The number of benzene rings is 1. The fourth-order valence-electron chi connectivity index (χ4n) is 2.48. The molecule has 1 aromatic heterocycles. The zero-order chi connectivity index (χ0) is 17.3. The maximum Gasteiger partial charge on any atom is 0.341 e. The molecule has 0 aliphatic carbocycles. The molecule has 0 spiro atoms. The van der Waals surface area contributed by atoms with Crippen molar-refractivity contribution in [2.75, 3.05) is 11.9 Å². The normalized spacial score (nSPS) is 14.7. The highest BCUT2D eigenvalue weighted by molar-refractivity contribution is 5.95. The number of carbonyl (C=O) groups is 2. The summed E-state index contributed by atoms with van der Waals surface area (Å²) in [4.78, 5) is 31.6. The van der Waals surface area contributed by atoms with Crippen molar-refractivity contribution in [1.82, 2.24) is 9.97 Å². The van der Waals surface area contributed by atoms with Crippen LogP contribution in [0.15, 0.2) is 30.6 Å². The van der Waals surface area contributed by atoms with Crippen molar-refractivity contribution in [1.29, 1.82) is 0 Å². The van der Waals surface area contributed by atoms with E-state index in [9.17, 15) is 9.59 Å². The number of carbonyl (C=O) groups excluding carboxylic acids is 2. The molecule has 1 aliphatic heterocycles. The molecule has 0 amide bonds. The van der Waals surface area contributed by atoms with Gasteiger partial charge in [0.2, 0.25) is 5.95 Å². The van der Waals surface area contributed by atoms with Gasteiger partial charge in [-0.2, -0.15) is 0 Å². The molecule has 3 rings (SSSR count). The lowest BCUT2D eigenvalue weighted by Crippen LogP contribution is -2.16. The quantitative estimate of drug-likeness (QED) is 0.863. The fourth-order valence-corrected chi connectivity index (χ4v) is 2.48. The number of rotatable bonds is 4. The summed E-state index contributed by atoms with van der Waals surface area (Å²) in [6, 6.07) is 5.30. The summed E-state index contributed by atoms with van der Waals surface area (Å²) in [5.41, 5.74) is 1.71. The number of anilines is 2. The highest BCUT2D eigenvalue weighted by atomic mass is 16.6. The largest absolute Gasteiger partial charge is 0.462 e. The van der Waals surface area contributed by atoms with Gasteiger partial charge in [-0.1, -0.05) is 0 Å². The number of hydrogen-bond donors (Lipinski definition) is 1. The van der Waals surface area contributed by atoms with E-state index < -0.39 is 11.6 Å². The topological polar surface area (TPSA) is 90.4 Å². The van der Waals surface area contributed by atoms with Gasteiger partial charge in [0.25, 0.3) is 0 Å². The summed E-state index contributed by atoms with van der Waals surface area (Å²) < 4.78 is 10.2. The Hall–Kier alpha value is -2.96. The molecule has 0 saturated heterocycles. The Morgan fingerprint density at radius 1 is 1.29 bits per heavy atom. The van der Waals surface area contributed by atoms with Crippen LogP contribution in [0.3, 0.4) is 0 Å². The predicted octanol–water partition coefficient (Wildman–Crippen LogP) is 2.80. The molecule has 2 heterocycles. The van der Waals surface area contributed by atoms with E-state index in [1.54, 1.807) is 19.1 Å². The Bertz CT molecular complexity index is 800. The van der Waals surface area contributed by atoms with Crippen LogP contribution in [-0.2, 0) is 15.1 Å². The highest BCUT2D eigenvalue weighted by Gasteiger charge is 2.37. The zero-order valence-corrected chi connectivity index (χ0v) is 13.6. The third-order valence-electron chi connectivity index (χ3n) is 3.66. The molecular formula is C17H17N3O4. The Labute approximate surface area is 139 Å². The number of ether oxygens (including phenoxy) is 2. The van der Waals surface area contributed by atoms with Gasteiger partial charge in [-0.15, -0.1) is 0 Å². The van der Waals surface area contributed by atoms with E-state index in [-0.39, 0.29) is 11.5 Å². The van der Waals surface area contributed by atoms with Gasteiger partial charge in [-0.3, -0.25) is 0 Å². The number of hydrogen-bond acceptors (Lipinski definition) is 7. The van der Waals surface area contributed by atoms with Crippen LogP contribution in [0.2, 0.25) is 0 Å². The minimum Gasteiger partial charge on any atom is -0.462 e. The van der Waals surface area contributed by atoms with Gasteiger partial charge in [-0.25, -0.2) is 19.6 Å². The summed E-state index contributed by atoms with van der Waals surface area (Å²) >= 11 is 0. The summed E-state index contributed by atoms with van der Waals surface area (Å²) in [7, 11) is 0. The molecule has 1 N–H and O–H groups in total. The molecule has 0 bridgehead atoms. The first-order valence-electron chi connectivity index (χ1n) is 7.55. The Kier molecular flexibility index (Phi) is 3.92. The number of nitrogens with one attached hydrogen (secondary N) is 1. The molecule has 0 atom stereocenters. The number of esters is 2. The number of cyclic esters (lactones) is 1. The number of nitrogens with zero attached hydrogens (tertiary/aromatic N) is 2. The van der Waals surface area contributed by atoms with E-state index in [0.29, 0.717) is 18.1 Å². The van der Waals surface area contributed by atoms with Gasteiger partial charge in [0.1, 0.15) is 5.60 Å². The lowest BCUT2D eigenvalue weighted by molar-refractivity contribution is 0.00952. The van der Waals surface area contributed by atoms with Gasteiger partial charge >= 0.3 is 11.9 Å². The lowest BCUT2D eigenvalue weighted by atomic mass is 9.95. The molecule has 0 unspecified atom stereocenters. The second kappa shape index (κ2) is 5.92. The third kappa shape index (κ3) is 2.92. The number of aromatic nitrogens is 2. The van der Waals surface area contributed by atoms with Crippen molar-refractivity contribution in [3.05, 3.63) is 47.3 Å². The average Bonchev–Trinajstić information content (AvgIpc) is 2.77. The van der Waals surface area contributed by atoms with Gasteiger partial charge in [0.05, 0.1) is 17.7 Å². The maximum absolute atomic E-state index is 11.8. The molecule has 1 aliphatic rings. The van der Waals surface area contributed by atoms with E-state index in [4.69, 9.17) is 9.47 Å². The van der Waals surface area contributed by atoms with Crippen molar-refractivity contribution in [2.45, 2.75) is 26.4 Å². The third-order valence-corrected chi connectivity index (χ3v) is 3.66. The van der Waals surface area contributed by atoms with Crippen LogP contribution in [0, 0.1) is 0 Å². The first-order chi connectivity index (χ1) is 11.4. The van der Waals surface area contributed by atoms with Crippen LogP contribution in [0.5, 0.6) is 0 Å². The van der Waals surface area contributed by atoms with Crippen LogP contribution < -0.4 is 5.32 Å². The molecule has 1 aromatic carbocycles. The van der Waals surface area contributed by atoms with Gasteiger partial charge in [0.15, 0.2) is 0 Å². The minimum absolute atomic E-state index is 0.288. The monoisotopic (exact) mass is 327 g/mol. The maximum atomic E-state index is 11.8. The highest BCUT2D eigenvalue weighted by Crippen LogP contribution is 2.37. The van der Waals surface area contributed by atoms with Gasteiger partial charge in [-0.05, 0) is 39.0 Å². The van der Waals surface area contributed by atoms with E-state index in [1.807, 2.05) is 19.9 Å². The number of fused-ring (bicyclic) bond motifs is 1. The molecule has 0 radical (unpaired) electrons. The van der Waals surface area contributed by atoms with Crippen molar-refractivity contribution in [3.63, 3.8) is 0 Å². The first-order valence-corrected chi connectivity index (χ1v) is 7.55. The lowest BCUT2D eigenvalue weighted by Gasteiger charge is -2.18. The molecule has 7 heteroatoms. The fraction of sp³-hybridized carbons (Fsp3) is 0.294. The van der Waals surface area contributed by atoms with Crippen LogP contribution in [0.25, 0.3) is 0 Å². The SMILES string of the molecule is CCOC(=O)c1cnc(Nc2ccc3c(c2)C(C)(C)OC3=O)nc1. The van der Waals surface area contributed by atoms with Gasteiger partial charge < -0.3 is 14.8 Å². The summed E-state index contributed by atoms with van der Waals surface area (Å²) in [5.74, 6) is -0.443. The van der Waals surface area contributed by atoms with Crippen LogP contribution in [0.4, 0.5) is 11.6 Å². The van der Waals surface area contributed by atoms with Crippen LogP contribution >= 0.6 is 0 Å². The van der Waals surface area contributed by atoms with Crippen LogP contribution in [0.1, 0.15) is 47.1 Å². The van der Waals surface area contributed by atoms with E-state index in [0.717, 1.165) is 11.3 Å². The van der Waals surface area contributed by atoms with Crippen LogP contribution in [-0.4, -0.2) is 28.5 Å². The predicted molar refractivity (Wildman–Crippen MR) is 86.2 cm³/mol. The minimum atomic E-state index is -0.668. The van der Waals surface area contributed by atoms with E-state index >= 15 is 0 Å². The molecule has 24 heavy (non-hydrogen) atoms. The molecule has 0 fully saturated rings. The molecule has 0 saturated carbocycles. The van der Waals surface area contributed by atoms with E-state index in [1.165, 1.54) is 12.4 Å². The van der Waals surface area contributed by atoms with Crippen molar-refractivity contribution >= 4 is 23.6 Å². The Morgan fingerprint density at radius 3 is 2.67 bits per heavy atom. The summed E-state index contributed by atoms with van der Waals surface area (Å²) in [5, 5.41) is 3.04. The second-order valence-corrected chi connectivity index (χ2v) is 5.80. The molecule has 7 nitrogen and oxygen atoms in total. The van der Waals surface area contributed by atoms with Crippen molar-refractivity contribution in [2.24, 2.45) is 0 Å². The zero-order valence-electron chi connectivity index (χ0n) is 13.6. The molecule has 124 valence electrons. The standard InChI is InChI=1S/C17H17N3O4/c1-4-23-14(21)10-8-18-16(19-9-10)20-11-5-6-12-13(7-11)17(2,3)24-15(12)22/h5-9H,4H2,1-3H3,(H,18,19,20). The Morgan fingerprint density at radius 2 is 2.00 bits per heavy atom. The van der Waals surface area contributed by atoms with E-state index in [2.05, 4.69) is 15.3 Å². The van der Waals surface area contributed by atoms with Crippen molar-refractivity contribution in [3.8, 4) is 0 Å². The van der Waals surface area contributed by atoms with Gasteiger partial charge in [0, 0.05) is 23.6 Å². The molecule has 2 aromatic rings. The summed E-state index contributed by atoms with van der Waals surface area (Å²) in [6.45, 7) is 5.71. The van der Waals surface area contributed by atoms with Crippen molar-refractivity contribution < 1.29 is 19.1 Å². The first kappa shape index (κ1) is 15.9. The molecular weight excluding hydrogens is 310 g/mol.